The number of guanidine groups is 1. The molecule has 0 fully saturated rings. The molecule has 0 aliphatic carbocycles. The summed E-state index contributed by atoms with van der Waals surface area (Å²) >= 11 is 0. The Morgan fingerprint density at radius 1 is 1.12 bits per heavy atom. The van der Waals surface area contributed by atoms with Crippen molar-refractivity contribution in [3.05, 3.63) is 78.1 Å². The minimum Gasteiger partial charge on any atom is -0.484 e. The molecule has 2 N–H and O–H groups in total. The zero-order chi connectivity index (χ0) is 22.8. The first-order valence-corrected chi connectivity index (χ1v) is 10.6. The summed E-state index contributed by atoms with van der Waals surface area (Å²) < 4.78 is 7.44. The molecular weight excluding hydrogens is 531 g/mol. The first-order chi connectivity index (χ1) is 15.6. The fourth-order valence-corrected chi connectivity index (χ4v) is 3.22. The van der Waals surface area contributed by atoms with Gasteiger partial charge in [-0.15, -0.1) is 24.0 Å². The van der Waals surface area contributed by atoms with Crippen molar-refractivity contribution in [2.75, 3.05) is 27.2 Å². The molecule has 1 aromatic heterocycles. The number of amides is 1. The lowest BCUT2D eigenvalue weighted by Gasteiger charge is -2.21. The molecule has 8 nitrogen and oxygen atoms in total. The van der Waals surface area contributed by atoms with Crippen molar-refractivity contribution in [2.45, 2.75) is 20.0 Å². The minimum absolute atomic E-state index is 0. The lowest BCUT2D eigenvalue weighted by atomic mass is 10.2. The number of hydrogen-bond donors (Lipinski definition) is 2. The van der Waals surface area contributed by atoms with Crippen LogP contribution in [0.15, 0.2) is 72.0 Å². The van der Waals surface area contributed by atoms with Gasteiger partial charge in [-0.05, 0) is 36.8 Å². The largest absolute Gasteiger partial charge is 0.484 e. The fourth-order valence-electron chi connectivity index (χ4n) is 3.22. The maximum absolute atomic E-state index is 11.6. The molecule has 2 aromatic carbocycles. The number of carbonyl (C=O) groups excluding carboxylic acids is 1. The Balaban J connectivity index is 0.00000385. The summed E-state index contributed by atoms with van der Waals surface area (Å²) in [7, 11) is 3.75. The van der Waals surface area contributed by atoms with Crippen molar-refractivity contribution >= 4 is 35.8 Å². The van der Waals surface area contributed by atoms with Gasteiger partial charge in [0.15, 0.2) is 12.6 Å². The van der Waals surface area contributed by atoms with Gasteiger partial charge < -0.3 is 20.3 Å². The van der Waals surface area contributed by atoms with E-state index in [1.54, 1.807) is 7.05 Å². The summed E-state index contributed by atoms with van der Waals surface area (Å²) in [6.07, 6.45) is 3.89. The third-order valence-electron chi connectivity index (χ3n) is 4.74. The van der Waals surface area contributed by atoms with Crippen molar-refractivity contribution in [1.82, 2.24) is 25.3 Å². The van der Waals surface area contributed by atoms with Gasteiger partial charge in [0.2, 0.25) is 0 Å². The van der Waals surface area contributed by atoms with Gasteiger partial charge in [0.05, 0.1) is 11.9 Å². The molecule has 0 radical (unpaired) electrons. The maximum Gasteiger partial charge on any atom is 0.257 e. The van der Waals surface area contributed by atoms with Crippen LogP contribution < -0.4 is 15.4 Å². The van der Waals surface area contributed by atoms with Crippen molar-refractivity contribution < 1.29 is 9.53 Å². The topological polar surface area (TPSA) is 83.8 Å². The van der Waals surface area contributed by atoms with E-state index in [1.165, 1.54) is 0 Å². The molecule has 1 heterocycles. The van der Waals surface area contributed by atoms with Crippen LogP contribution in [0.1, 0.15) is 18.1 Å². The fraction of sp³-hybridized carbons (Fsp3) is 0.292. The number of ether oxygens (including phenoxy) is 1. The van der Waals surface area contributed by atoms with Gasteiger partial charge >= 0.3 is 0 Å². The normalized spacial score (nSPS) is 10.8. The van der Waals surface area contributed by atoms with E-state index >= 15 is 0 Å². The highest BCUT2D eigenvalue weighted by Gasteiger charge is 2.09. The first-order valence-electron chi connectivity index (χ1n) is 10.6. The number of benzene rings is 2. The molecule has 0 aliphatic heterocycles. The number of nitrogens with one attached hydrogen (secondary N) is 2. The molecule has 0 unspecified atom stereocenters. The van der Waals surface area contributed by atoms with Crippen molar-refractivity contribution in [1.29, 1.82) is 0 Å². The summed E-state index contributed by atoms with van der Waals surface area (Å²) in [6, 6.07) is 17.7. The Labute approximate surface area is 212 Å². The average Bonchev–Trinajstić information content (AvgIpc) is 3.28. The molecule has 9 heteroatoms. The highest BCUT2D eigenvalue weighted by atomic mass is 127. The third-order valence-corrected chi connectivity index (χ3v) is 4.74. The molecule has 3 rings (SSSR count). The molecule has 0 saturated carbocycles. The van der Waals surface area contributed by atoms with Crippen LogP contribution in [0.25, 0.3) is 5.69 Å². The Hall–Kier alpha value is -3.08. The van der Waals surface area contributed by atoms with Gasteiger partial charge in [-0.3, -0.25) is 9.79 Å². The number of nitrogens with zero attached hydrogens (tertiary/aromatic N) is 4. The summed E-state index contributed by atoms with van der Waals surface area (Å²) in [4.78, 5) is 18.0. The minimum atomic E-state index is -0.131. The molecule has 0 aliphatic rings. The van der Waals surface area contributed by atoms with E-state index in [2.05, 4.69) is 20.7 Å². The summed E-state index contributed by atoms with van der Waals surface area (Å²) in [6.45, 7) is 3.72. The molecular formula is C24H31IN6O2. The van der Waals surface area contributed by atoms with E-state index < -0.39 is 0 Å². The van der Waals surface area contributed by atoms with E-state index in [1.807, 2.05) is 90.5 Å². The van der Waals surface area contributed by atoms with Crippen LogP contribution in [0.4, 0.5) is 0 Å². The molecule has 0 bridgehead atoms. The maximum atomic E-state index is 11.6. The zero-order valence-corrected chi connectivity index (χ0v) is 21.5. The molecule has 33 heavy (non-hydrogen) atoms. The van der Waals surface area contributed by atoms with Crippen LogP contribution in [0.3, 0.4) is 0 Å². The number of rotatable bonds is 9. The van der Waals surface area contributed by atoms with Crippen LogP contribution in [0.5, 0.6) is 5.75 Å². The number of hydrogen-bond acceptors (Lipinski definition) is 4. The highest BCUT2D eigenvalue weighted by molar-refractivity contribution is 14.0. The predicted octanol–water partition coefficient (Wildman–Crippen LogP) is 3.21. The first kappa shape index (κ1) is 26.2. The molecule has 0 spiro atoms. The smallest absolute Gasteiger partial charge is 0.257 e. The number of carbonyl (C=O) groups is 1. The quantitative estimate of drug-likeness (QED) is 0.238. The number of para-hydroxylation sites is 1. The van der Waals surface area contributed by atoms with E-state index in [0.29, 0.717) is 25.4 Å². The zero-order valence-electron chi connectivity index (χ0n) is 19.2. The van der Waals surface area contributed by atoms with Gasteiger partial charge in [0.25, 0.3) is 5.91 Å². The predicted molar refractivity (Wildman–Crippen MR) is 141 cm³/mol. The van der Waals surface area contributed by atoms with E-state index in [9.17, 15) is 4.79 Å². The van der Waals surface area contributed by atoms with Crippen LogP contribution >= 0.6 is 24.0 Å². The van der Waals surface area contributed by atoms with Gasteiger partial charge in [0.1, 0.15) is 5.75 Å². The molecule has 176 valence electrons. The number of aliphatic imine (C=N–C) groups is 1. The lowest BCUT2D eigenvalue weighted by Crippen LogP contribution is -2.38. The van der Waals surface area contributed by atoms with Crippen LogP contribution in [0, 0.1) is 0 Å². The van der Waals surface area contributed by atoms with Gasteiger partial charge in [0, 0.05) is 45.5 Å². The number of likely N-dealkylation sites (N-methyl/N-ethyl adjacent to an activating group) is 1. The summed E-state index contributed by atoms with van der Waals surface area (Å²) in [5.41, 5.74) is 3.14. The van der Waals surface area contributed by atoms with Crippen molar-refractivity contribution in [2.24, 2.45) is 4.99 Å². The number of aromatic nitrogens is 2. The molecule has 0 saturated heterocycles. The van der Waals surface area contributed by atoms with Gasteiger partial charge in [-0.1, -0.05) is 30.3 Å². The summed E-state index contributed by atoms with van der Waals surface area (Å²) in [5.74, 6) is 1.30. The molecule has 3 aromatic rings. The van der Waals surface area contributed by atoms with Crippen molar-refractivity contribution in [3.63, 3.8) is 0 Å². The van der Waals surface area contributed by atoms with Crippen LogP contribution in [0.2, 0.25) is 0 Å². The Morgan fingerprint density at radius 3 is 2.64 bits per heavy atom. The van der Waals surface area contributed by atoms with Crippen LogP contribution in [-0.2, 0) is 17.9 Å². The standard InChI is InChI=1S/C24H30N6O2.HI/c1-4-26-23(31)18-32-22-12-8-9-19(13-22)14-27-24(25-2)29(3)16-20-15-28-30(17-20)21-10-6-5-7-11-21;/h5-13,15,17H,4,14,16,18H2,1-3H3,(H,25,27)(H,26,31);1H. The summed E-state index contributed by atoms with van der Waals surface area (Å²) in [5, 5.41) is 10.5. The Kier molecular flexibility index (Phi) is 10.7. The average molecular weight is 562 g/mol. The molecule has 1 amide bonds. The lowest BCUT2D eigenvalue weighted by molar-refractivity contribution is -0.122. The third kappa shape index (κ3) is 8.08. The van der Waals surface area contributed by atoms with E-state index in [4.69, 9.17) is 4.74 Å². The van der Waals surface area contributed by atoms with E-state index in [-0.39, 0.29) is 36.5 Å². The SMILES string of the molecule is CCNC(=O)COc1cccc(CNC(=NC)N(C)Cc2cnn(-c3ccccc3)c2)c1.I. The van der Waals surface area contributed by atoms with E-state index in [0.717, 1.165) is 22.8 Å². The second kappa shape index (κ2) is 13.5. The Morgan fingerprint density at radius 2 is 1.91 bits per heavy atom. The Bertz CT molecular complexity index is 1040. The second-order valence-corrected chi connectivity index (χ2v) is 7.28. The van der Waals surface area contributed by atoms with Crippen LogP contribution in [-0.4, -0.2) is 53.8 Å². The number of halogens is 1. The second-order valence-electron chi connectivity index (χ2n) is 7.28. The highest BCUT2D eigenvalue weighted by Crippen LogP contribution is 2.14. The van der Waals surface area contributed by atoms with Crippen molar-refractivity contribution in [3.8, 4) is 11.4 Å². The monoisotopic (exact) mass is 562 g/mol. The van der Waals surface area contributed by atoms with Gasteiger partial charge in [-0.25, -0.2) is 4.68 Å². The van der Waals surface area contributed by atoms with Gasteiger partial charge in [-0.2, -0.15) is 5.10 Å². The molecule has 0 atom stereocenters.